The van der Waals surface area contributed by atoms with Gasteiger partial charge >= 0.3 is 5.97 Å². The fourth-order valence-corrected chi connectivity index (χ4v) is 2.04. The van der Waals surface area contributed by atoms with Crippen molar-refractivity contribution in [3.05, 3.63) is 47.5 Å². The Hall–Kier alpha value is -2.70. The van der Waals surface area contributed by atoms with Crippen LogP contribution in [0.15, 0.2) is 30.5 Å². The Bertz CT molecular complexity index is 697. The first kappa shape index (κ1) is 15.7. The molecule has 2 rings (SSSR count). The number of hydrogen-bond donors (Lipinski definition) is 2. The summed E-state index contributed by atoms with van der Waals surface area (Å²) in [6.45, 7) is 1.93. The van der Waals surface area contributed by atoms with Crippen LogP contribution < -0.4 is 5.32 Å². The highest BCUT2D eigenvalue weighted by molar-refractivity contribution is 5.95. The van der Waals surface area contributed by atoms with E-state index in [2.05, 4.69) is 10.4 Å². The van der Waals surface area contributed by atoms with E-state index >= 15 is 0 Å². The maximum Gasteiger partial charge on any atom is 0.303 e. The van der Waals surface area contributed by atoms with Crippen LogP contribution in [0.3, 0.4) is 0 Å². The van der Waals surface area contributed by atoms with Gasteiger partial charge in [0.1, 0.15) is 11.5 Å². The summed E-state index contributed by atoms with van der Waals surface area (Å²) in [7, 11) is 0. The second kappa shape index (κ2) is 6.84. The first-order valence-corrected chi connectivity index (χ1v) is 6.80. The zero-order valence-corrected chi connectivity index (χ0v) is 12.0. The Morgan fingerprint density at radius 1 is 1.36 bits per heavy atom. The summed E-state index contributed by atoms with van der Waals surface area (Å²) >= 11 is 0. The Morgan fingerprint density at radius 2 is 2.09 bits per heavy atom. The van der Waals surface area contributed by atoms with Gasteiger partial charge < -0.3 is 10.4 Å². The minimum atomic E-state index is -0.905. The molecule has 1 amide bonds. The summed E-state index contributed by atoms with van der Waals surface area (Å²) < 4.78 is 15.1. The number of benzene rings is 1. The van der Waals surface area contributed by atoms with Crippen molar-refractivity contribution in [2.45, 2.75) is 19.8 Å². The molecule has 0 aliphatic rings. The zero-order valence-electron chi connectivity index (χ0n) is 12.0. The Balaban J connectivity index is 2.09. The van der Waals surface area contributed by atoms with Crippen molar-refractivity contribution in [2.75, 3.05) is 6.54 Å². The van der Waals surface area contributed by atoms with Gasteiger partial charge in [-0.1, -0.05) is 12.1 Å². The van der Waals surface area contributed by atoms with Crippen molar-refractivity contribution >= 4 is 11.9 Å². The average molecular weight is 305 g/mol. The molecule has 22 heavy (non-hydrogen) atoms. The number of carbonyl (C=O) groups excluding carboxylic acids is 1. The fourth-order valence-electron chi connectivity index (χ4n) is 2.04. The molecule has 0 fully saturated rings. The molecule has 1 aromatic carbocycles. The van der Waals surface area contributed by atoms with Crippen LogP contribution in [-0.2, 0) is 4.79 Å². The highest BCUT2D eigenvalue weighted by Crippen LogP contribution is 2.16. The molecule has 0 bridgehead atoms. The summed E-state index contributed by atoms with van der Waals surface area (Å²) in [6, 6.07) is 6.16. The second-order valence-corrected chi connectivity index (χ2v) is 4.76. The Kier molecular flexibility index (Phi) is 4.88. The SMILES string of the molecule is Cc1c(C(=O)NCCCC(=O)O)cnn1-c1ccccc1F. The van der Waals surface area contributed by atoms with Crippen LogP contribution in [-0.4, -0.2) is 33.3 Å². The molecule has 7 heteroatoms. The standard InChI is InChI=1S/C15H16FN3O3/c1-10-11(15(22)17-8-4-7-14(20)21)9-18-19(10)13-6-3-2-5-12(13)16/h2-3,5-6,9H,4,7-8H2,1H3,(H,17,22)(H,20,21). The summed E-state index contributed by atoms with van der Waals surface area (Å²) in [5.41, 5.74) is 1.12. The van der Waals surface area contributed by atoms with Gasteiger partial charge in [-0.3, -0.25) is 9.59 Å². The number of para-hydroxylation sites is 1. The summed E-state index contributed by atoms with van der Waals surface area (Å²) in [5, 5.41) is 15.2. The predicted molar refractivity (Wildman–Crippen MR) is 77.5 cm³/mol. The van der Waals surface area contributed by atoms with Crippen LogP contribution in [0.5, 0.6) is 0 Å². The van der Waals surface area contributed by atoms with E-state index in [1.807, 2.05) is 0 Å². The van der Waals surface area contributed by atoms with Crippen LogP contribution in [0.1, 0.15) is 28.9 Å². The lowest BCUT2D eigenvalue weighted by molar-refractivity contribution is -0.137. The van der Waals surface area contributed by atoms with Crippen molar-refractivity contribution in [3.8, 4) is 5.69 Å². The molecule has 1 aromatic heterocycles. The lowest BCUT2D eigenvalue weighted by atomic mass is 10.2. The van der Waals surface area contributed by atoms with Crippen molar-refractivity contribution in [3.63, 3.8) is 0 Å². The van der Waals surface area contributed by atoms with E-state index in [-0.39, 0.29) is 24.6 Å². The number of aliphatic carboxylic acids is 1. The van der Waals surface area contributed by atoms with E-state index < -0.39 is 11.8 Å². The maximum atomic E-state index is 13.8. The zero-order chi connectivity index (χ0) is 16.1. The van der Waals surface area contributed by atoms with Gasteiger partial charge in [0.25, 0.3) is 5.91 Å². The molecule has 0 aliphatic heterocycles. The van der Waals surface area contributed by atoms with Gasteiger partial charge in [-0.2, -0.15) is 5.10 Å². The lowest BCUT2D eigenvalue weighted by Crippen LogP contribution is -2.25. The molecule has 0 unspecified atom stereocenters. The van der Waals surface area contributed by atoms with Gasteiger partial charge in [0.15, 0.2) is 0 Å². The van der Waals surface area contributed by atoms with Gasteiger partial charge in [0, 0.05) is 13.0 Å². The lowest BCUT2D eigenvalue weighted by Gasteiger charge is -2.07. The monoisotopic (exact) mass is 305 g/mol. The van der Waals surface area contributed by atoms with E-state index in [1.54, 1.807) is 25.1 Å². The number of aromatic nitrogens is 2. The van der Waals surface area contributed by atoms with Crippen molar-refractivity contribution in [2.24, 2.45) is 0 Å². The molecule has 0 spiro atoms. The van der Waals surface area contributed by atoms with Gasteiger partial charge in [0.05, 0.1) is 17.5 Å². The molecule has 0 saturated carbocycles. The van der Waals surface area contributed by atoms with E-state index in [1.165, 1.54) is 16.9 Å². The number of rotatable bonds is 6. The Labute approximate surface area is 126 Å². The molecule has 2 aromatic rings. The van der Waals surface area contributed by atoms with E-state index in [0.29, 0.717) is 17.7 Å². The van der Waals surface area contributed by atoms with Gasteiger partial charge in [-0.05, 0) is 25.5 Å². The van der Waals surface area contributed by atoms with Crippen molar-refractivity contribution in [1.82, 2.24) is 15.1 Å². The van der Waals surface area contributed by atoms with E-state index in [9.17, 15) is 14.0 Å². The summed E-state index contributed by atoms with van der Waals surface area (Å²) in [6.07, 6.45) is 1.71. The van der Waals surface area contributed by atoms with Crippen LogP contribution >= 0.6 is 0 Å². The minimum Gasteiger partial charge on any atom is -0.481 e. The van der Waals surface area contributed by atoms with Gasteiger partial charge in [-0.15, -0.1) is 0 Å². The largest absolute Gasteiger partial charge is 0.481 e. The number of halogens is 1. The first-order valence-electron chi connectivity index (χ1n) is 6.80. The topological polar surface area (TPSA) is 84.2 Å². The van der Waals surface area contributed by atoms with Crippen LogP contribution in [0.25, 0.3) is 5.69 Å². The molecule has 2 N–H and O–H groups in total. The predicted octanol–water partition coefficient (Wildman–Crippen LogP) is 1.91. The molecule has 0 atom stereocenters. The third-order valence-electron chi connectivity index (χ3n) is 3.19. The Morgan fingerprint density at radius 3 is 2.77 bits per heavy atom. The highest BCUT2D eigenvalue weighted by atomic mass is 19.1. The van der Waals surface area contributed by atoms with Crippen molar-refractivity contribution < 1.29 is 19.1 Å². The van der Waals surface area contributed by atoms with E-state index in [0.717, 1.165) is 0 Å². The van der Waals surface area contributed by atoms with Crippen molar-refractivity contribution in [1.29, 1.82) is 0 Å². The average Bonchev–Trinajstić information content (AvgIpc) is 2.85. The molecular formula is C15H16FN3O3. The number of carboxylic acids is 1. The molecular weight excluding hydrogens is 289 g/mol. The smallest absolute Gasteiger partial charge is 0.303 e. The number of carboxylic acid groups (broad SMARTS) is 1. The normalized spacial score (nSPS) is 10.5. The molecule has 1 heterocycles. The highest BCUT2D eigenvalue weighted by Gasteiger charge is 2.16. The minimum absolute atomic E-state index is 0.00620. The molecule has 116 valence electrons. The van der Waals surface area contributed by atoms with Gasteiger partial charge in [-0.25, -0.2) is 9.07 Å². The summed E-state index contributed by atoms with van der Waals surface area (Å²) in [5.74, 6) is -1.69. The van der Waals surface area contributed by atoms with Crippen LogP contribution in [0.4, 0.5) is 4.39 Å². The number of nitrogens with one attached hydrogen (secondary N) is 1. The number of carbonyl (C=O) groups is 2. The number of hydrogen-bond acceptors (Lipinski definition) is 3. The molecule has 0 saturated heterocycles. The number of nitrogens with zero attached hydrogens (tertiary/aromatic N) is 2. The van der Waals surface area contributed by atoms with Crippen LogP contribution in [0.2, 0.25) is 0 Å². The molecule has 6 nitrogen and oxygen atoms in total. The number of amides is 1. The van der Waals surface area contributed by atoms with Crippen LogP contribution in [0, 0.1) is 12.7 Å². The summed E-state index contributed by atoms with van der Waals surface area (Å²) in [4.78, 5) is 22.4. The third kappa shape index (κ3) is 3.49. The quantitative estimate of drug-likeness (QED) is 0.799. The van der Waals surface area contributed by atoms with E-state index in [4.69, 9.17) is 5.11 Å². The first-order chi connectivity index (χ1) is 10.5. The third-order valence-corrected chi connectivity index (χ3v) is 3.19. The molecule has 0 radical (unpaired) electrons. The fraction of sp³-hybridized carbons (Fsp3) is 0.267. The molecule has 0 aliphatic carbocycles. The second-order valence-electron chi connectivity index (χ2n) is 4.76. The maximum absolute atomic E-state index is 13.8. The van der Waals surface area contributed by atoms with Gasteiger partial charge in [0.2, 0.25) is 0 Å².